The molecule has 0 radical (unpaired) electrons. The topological polar surface area (TPSA) is 83.6 Å². The third kappa shape index (κ3) is 3.79. The average Bonchev–Trinajstić information content (AvgIpc) is 3.42. The first-order valence-corrected chi connectivity index (χ1v) is 9.53. The van der Waals surface area contributed by atoms with E-state index in [9.17, 15) is 4.79 Å². The molecule has 2 aromatic heterocycles. The zero-order valence-corrected chi connectivity index (χ0v) is 15.5. The fraction of sp³-hybridized carbons (Fsp3) is 0.273. The van der Waals surface area contributed by atoms with Crippen LogP contribution in [0.25, 0.3) is 11.4 Å². The lowest BCUT2D eigenvalue weighted by atomic mass is 10.1. The second kappa shape index (κ2) is 8.05. The van der Waals surface area contributed by atoms with Gasteiger partial charge in [-0.3, -0.25) is 14.5 Å². The van der Waals surface area contributed by atoms with Gasteiger partial charge in [-0.1, -0.05) is 18.9 Å². The van der Waals surface area contributed by atoms with Gasteiger partial charge in [-0.05, 0) is 55.3 Å². The van der Waals surface area contributed by atoms with Gasteiger partial charge in [0.2, 0.25) is 0 Å². The largest absolute Gasteiger partial charge is 0.346 e. The van der Waals surface area contributed by atoms with Gasteiger partial charge >= 0.3 is 0 Å². The predicted octanol–water partition coefficient (Wildman–Crippen LogP) is 3.86. The highest BCUT2D eigenvalue weighted by atomic mass is 16.1. The molecule has 0 atom stereocenters. The van der Waals surface area contributed by atoms with E-state index in [1.807, 2.05) is 24.3 Å². The Morgan fingerprint density at radius 1 is 1.18 bits per heavy atom. The van der Waals surface area contributed by atoms with Crippen molar-refractivity contribution >= 4 is 5.91 Å². The maximum absolute atomic E-state index is 12.4. The summed E-state index contributed by atoms with van der Waals surface area (Å²) < 4.78 is 2.08. The maximum Gasteiger partial charge on any atom is 0.251 e. The third-order valence-corrected chi connectivity index (χ3v) is 5.09. The standard InChI is InChI=1S/C22H21N5O/c23-14-16-8-10-17(11-9-16)22(28)25-15-18-13-21(20-7-3-4-12-24-20)27(26-18)19-5-1-2-6-19/h3-4,7-13,19H,1-2,5-6,15H2,(H,25,28). The predicted molar refractivity (Wildman–Crippen MR) is 105 cm³/mol. The summed E-state index contributed by atoms with van der Waals surface area (Å²) in [4.78, 5) is 16.9. The molecule has 3 aromatic rings. The molecule has 6 nitrogen and oxygen atoms in total. The van der Waals surface area contributed by atoms with Gasteiger partial charge in [0.15, 0.2) is 0 Å². The van der Waals surface area contributed by atoms with Gasteiger partial charge in [0, 0.05) is 11.8 Å². The van der Waals surface area contributed by atoms with E-state index in [0.29, 0.717) is 23.7 Å². The van der Waals surface area contributed by atoms with Gasteiger partial charge in [-0.25, -0.2) is 0 Å². The van der Waals surface area contributed by atoms with Gasteiger partial charge in [-0.15, -0.1) is 0 Å². The molecule has 1 amide bonds. The molecule has 0 unspecified atom stereocenters. The smallest absolute Gasteiger partial charge is 0.251 e. The quantitative estimate of drug-likeness (QED) is 0.738. The Hall–Kier alpha value is -3.46. The van der Waals surface area contributed by atoms with Crippen LogP contribution in [0.1, 0.15) is 53.3 Å². The van der Waals surface area contributed by atoms with E-state index in [-0.39, 0.29) is 5.91 Å². The monoisotopic (exact) mass is 371 g/mol. The normalized spacial score (nSPS) is 14.0. The molecule has 6 heteroatoms. The molecule has 28 heavy (non-hydrogen) atoms. The summed E-state index contributed by atoms with van der Waals surface area (Å²) in [6.07, 6.45) is 6.47. The van der Waals surface area contributed by atoms with Crippen molar-refractivity contribution < 1.29 is 4.79 Å². The molecule has 1 fully saturated rings. The number of aromatic nitrogens is 3. The Labute approximate surface area is 163 Å². The molecule has 2 heterocycles. The van der Waals surface area contributed by atoms with Crippen LogP contribution >= 0.6 is 0 Å². The average molecular weight is 371 g/mol. The molecular formula is C22H21N5O. The molecule has 1 aliphatic rings. The minimum Gasteiger partial charge on any atom is -0.346 e. The summed E-state index contributed by atoms with van der Waals surface area (Å²) in [5.74, 6) is -0.181. The van der Waals surface area contributed by atoms with Crippen LogP contribution in [0.2, 0.25) is 0 Å². The Bertz CT molecular complexity index is 996. The van der Waals surface area contributed by atoms with Crippen molar-refractivity contribution in [1.29, 1.82) is 5.26 Å². The number of carbonyl (C=O) groups excluding carboxylic acids is 1. The van der Waals surface area contributed by atoms with Crippen LogP contribution in [0.4, 0.5) is 0 Å². The lowest BCUT2D eigenvalue weighted by Crippen LogP contribution is -2.23. The fourth-order valence-electron chi connectivity index (χ4n) is 3.63. The number of nitriles is 1. The molecule has 140 valence electrons. The van der Waals surface area contributed by atoms with Crippen molar-refractivity contribution in [3.8, 4) is 17.5 Å². The van der Waals surface area contributed by atoms with Gasteiger partial charge in [0.05, 0.1) is 41.3 Å². The zero-order chi connectivity index (χ0) is 19.3. The molecule has 1 saturated carbocycles. The van der Waals surface area contributed by atoms with E-state index in [2.05, 4.69) is 21.1 Å². The molecule has 4 rings (SSSR count). The second-order valence-corrected chi connectivity index (χ2v) is 6.99. The van der Waals surface area contributed by atoms with Crippen molar-refractivity contribution in [2.75, 3.05) is 0 Å². The van der Waals surface area contributed by atoms with Crippen molar-refractivity contribution in [1.82, 2.24) is 20.1 Å². The van der Waals surface area contributed by atoms with Gasteiger partial charge < -0.3 is 5.32 Å². The number of amides is 1. The summed E-state index contributed by atoms with van der Waals surface area (Å²) in [6, 6.07) is 16.9. The molecule has 1 aliphatic carbocycles. The van der Waals surface area contributed by atoms with Crippen molar-refractivity contribution in [2.24, 2.45) is 0 Å². The number of carbonyl (C=O) groups is 1. The van der Waals surface area contributed by atoms with Gasteiger partial charge in [0.1, 0.15) is 0 Å². The van der Waals surface area contributed by atoms with Crippen LogP contribution in [-0.4, -0.2) is 20.7 Å². The maximum atomic E-state index is 12.4. The first kappa shape index (κ1) is 17.9. The molecule has 0 aliphatic heterocycles. The molecule has 1 aromatic carbocycles. The Balaban J connectivity index is 1.53. The highest BCUT2D eigenvalue weighted by Crippen LogP contribution is 2.33. The van der Waals surface area contributed by atoms with Gasteiger partial charge in [0.25, 0.3) is 5.91 Å². The molecule has 0 spiro atoms. The number of pyridine rings is 1. The third-order valence-electron chi connectivity index (χ3n) is 5.09. The lowest BCUT2D eigenvalue weighted by molar-refractivity contribution is 0.0950. The lowest BCUT2D eigenvalue weighted by Gasteiger charge is -2.13. The van der Waals surface area contributed by atoms with Crippen molar-refractivity contribution in [2.45, 2.75) is 38.3 Å². The number of hydrogen-bond donors (Lipinski definition) is 1. The summed E-state index contributed by atoms with van der Waals surface area (Å²) in [7, 11) is 0. The van der Waals surface area contributed by atoms with Crippen molar-refractivity contribution in [3.63, 3.8) is 0 Å². The van der Waals surface area contributed by atoms with E-state index >= 15 is 0 Å². The van der Waals surface area contributed by atoms with E-state index in [4.69, 9.17) is 10.4 Å². The molecule has 0 saturated heterocycles. The first-order valence-electron chi connectivity index (χ1n) is 9.53. The SMILES string of the molecule is N#Cc1ccc(C(=O)NCc2cc(-c3ccccn3)n(C3CCCC3)n2)cc1. The number of benzene rings is 1. The Morgan fingerprint density at radius 3 is 2.64 bits per heavy atom. The van der Waals surface area contributed by atoms with E-state index in [0.717, 1.165) is 29.9 Å². The molecular weight excluding hydrogens is 350 g/mol. The first-order chi connectivity index (χ1) is 13.7. The summed E-state index contributed by atoms with van der Waals surface area (Å²) in [6.45, 7) is 0.346. The van der Waals surface area contributed by atoms with E-state index in [1.54, 1.807) is 30.5 Å². The highest BCUT2D eigenvalue weighted by molar-refractivity contribution is 5.94. The molecule has 1 N–H and O–H groups in total. The van der Waals surface area contributed by atoms with Crippen LogP contribution in [0, 0.1) is 11.3 Å². The number of rotatable bonds is 5. The summed E-state index contributed by atoms with van der Waals surface area (Å²) in [5, 5.41) is 16.6. The summed E-state index contributed by atoms with van der Waals surface area (Å²) >= 11 is 0. The number of nitrogens with zero attached hydrogens (tertiary/aromatic N) is 4. The Morgan fingerprint density at radius 2 is 1.96 bits per heavy atom. The Kier molecular flexibility index (Phi) is 5.16. The van der Waals surface area contributed by atoms with Crippen LogP contribution in [0.15, 0.2) is 54.7 Å². The van der Waals surface area contributed by atoms with E-state index in [1.165, 1.54) is 12.8 Å². The van der Waals surface area contributed by atoms with Crippen LogP contribution < -0.4 is 5.32 Å². The number of nitrogens with one attached hydrogen (secondary N) is 1. The van der Waals surface area contributed by atoms with Crippen LogP contribution in [0.5, 0.6) is 0 Å². The second-order valence-electron chi connectivity index (χ2n) is 6.99. The number of hydrogen-bond acceptors (Lipinski definition) is 4. The van der Waals surface area contributed by atoms with Gasteiger partial charge in [-0.2, -0.15) is 10.4 Å². The summed E-state index contributed by atoms with van der Waals surface area (Å²) in [5.41, 5.74) is 3.77. The highest BCUT2D eigenvalue weighted by Gasteiger charge is 2.22. The zero-order valence-electron chi connectivity index (χ0n) is 15.5. The van der Waals surface area contributed by atoms with Crippen LogP contribution in [0.3, 0.4) is 0 Å². The minimum absolute atomic E-state index is 0.181. The van der Waals surface area contributed by atoms with Crippen molar-refractivity contribution in [3.05, 3.63) is 71.5 Å². The van der Waals surface area contributed by atoms with Crippen LogP contribution in [-0.2, 0) is 6.54 Å². The van der Waals surface area contributed by atoms with E-state index < -0.39 is 0 Å². The fourth-order valence-corrected chi connectivity index (χ4v) is 3.63. The minimum atomic E-state index is -0.181. The molecule has 0 bridgehead atoms.